The number of terminal acetylenes is 1. The first-order valence-electron chi connectivity index (χ1n) is 7.15. The molecule has 1 N–H and O–H groups in total. The molecule has 0 atom stereocenters. The minimum Gasteiger partial charge on any atom is -0.462 e. The van der Waals surface area contributed by atoms with Crippen molar-refractivity contribution in [3.63, 3.8) is 0 Å². The highest BCUT2D eigenvalue weighted by Crippen LogP contribution is 2.09. The van der Waals surface area contributed by atoms with Gasteiger partial charge in [-0.05, 0) is 52.2 Å². The van der Waals surface area contributed by atoms with E-state index in [1.165, 1.54) is 18.1 Å². The van der Waals surface area contributed by atoms with E-state index in [0.717, 1.165) is 32.2 Å². The highest BCUT2D eigenvalue weighted by atomic mass is 16.5. The van der Waals surface area contributed by atoms with E-state index in [4.69, 9.17) is 11.2 Å². The molecule has 0 fully saturated rings. The highest BCUT2D eigenvalue weighted by molar-refractivity contribution is 5.66. The molecule has 0 rings (SSSR count). The van der Waals surface area contributed by atoms with Crippen molar-refractivity contribution in [2.45, 2.75) is 46.5 Å². The molecule has 0 aromatic carbocycles. The fourth-order valence-electron chi connectivity index (χ4n) is 1.70. The Labute approximate surface area is 123 Å². The normalized spacial score (nSPS) is 12.1. The van der Waals surface area contributed by atoms with Gasteiger partial charge in [0.05, 0.1) is 6.54 Å². The van der Waals surface area contributed by atoms with Gasteiger partial charge in [0.1, 0.15) is 6.61 Å². The van der Waals surface area contributed by atoms with Crippen LogP contribution < -0.4 is 5.32 Å². The minimum atomic E-state index is -0.233. The molecule has 0 heterocycles. The monoisotopic (exact) mass is 277 g/mol. The highest BCUT2D eigenvalue weighted by Gasteiger charge is 1.94. The molecule has 20 heavy (non-hydrogen) atoms. The minimum absolute atomic E-state index is 0.233. The van der Waals surface area contributed by atoms with Crippen LogP contribution in [-0.4, -0.2) is 25.7 Å². The smallest absolute Gasteiger partial charge is 0.302 e. The first-order valence-corrected chi connectivity index (χ1v) is 7.15. The molecule has 0 aromatic heterocycles. The second-order valence-electron chi connectivity index (χ2n) is 4.93. The zero-order valence-electron chi connectivity index (χ0n) is 13.0. The van der Waals surface area contributed by atoms with Crippen LogP contribution in [0.2, 0.25) is 0 Å². The quantitative estimate of drug-likeness (QED) is 0.288. The van der Waals surface area contributed by atoms with Gasteiger partial charge in [-0.2, -0.15) is 0 Å². The van der Waals surface area contributed by atoms with Crippen LogP contribution in [0.3, 0.4) is 0 Å². The van der Waals surface area contributed by atoms with E-state index in [0.29, 0.717) is 13.2 Å². The molecule has 0 amide bonds. The van der Waals surface area contributed by atoms with Gasteiger partial charge in [-0.3, -0.25) is 4.79 Å². The molecular formula is C17H27NO2. The molecule has 0 spiro atoms. The molecule has 0 aliphatic rings. The van der Waals surface area contributed by atoms with Gasteiger partial charge in [-0.1, -0.05) is 23.1 Å². The van der Waals surface area contributed by atoms with Crippen LogP contribution in [0.4, 0.5) is 0 Å². The third-order valence-electron chi connectivity index (χ3n) is 2.90. The number of ether oxygens (including phenoxy) is 1. The maximum absolute atomic E-state index is 10.6. The van der Waals surface area contributed by atoms with E-state index in [9.17, 15) is 4.79 Å². The van der Waals surface area contributed by atoms with Crippen LogP contribution in [-0.2, 0) is 9.53 Å². The molecule has 0 aliphatic heterocycles. The number of rotatable bonds is 10. The summed E-state index contributed by atoms with van der Waals surface area (Å²) in [5.74, 6) is 2.33. The molecular weight excluding hydrogens is 250 g/mol. The number of hydrogen-bond donors (Lipinski definition) is 1. The Kier molecular flexibility index (Phi) is 11.5. The van der Waals surface area contributed by atoms with E-state index in [-0.39, 0.29) is 5.97 Å². The Hall–Kier alpha value is -1.53. The average molecular weight is 277 g/mol. The molecule has 0 saturated carbocycles. The Balaban J connectivity index is 3.71. The van der Waals surface area contributed by atoms with Gasteiger partial charge < -0.3 is 10.1 Å². The number of nitrogens with one attached hydrogen (secondary N) is 1. The Bertz CT molecular complexity index is 375. The predicted octanol–water partition coefficient (Wildman–Crippen LogP) is 3.23. The summed E-state index contributed by atoms with van der Waals surface area (Å²) in [5, 5.41) is 3.18. The first-order chi connectivity index (χ1) is 9.56. The van der Waals surface area contributed by atoms with Gasteiger partial charge in [-0.15, -0.1) is 6.42 Å². The largest absolute Gasteiger partial charge is 0.462 e. The number of allylic oxidation sites excluding steroid dienone is 3. The molecule has 0 unspecified atom stereocenters. The fourth-order valence-corrected chi connectivity index (χ4v) is 1.70. The molecule has 0 aromatic rings. The summed E-state index contributed by atoms with van der Waals surface area (Å²) in [4.78, 5) is 10.6. The number of hydrogen-bond acceptors (Lipinski definition) is 3. The standard InChI is InChI=1S/C17H27NO2/c1-5-12-18-13-7-10-15(2)8-6-9-16(3)11-14-20-17(4)19/h1,8,11,18H,6-7,9-10,12-14H2,2-4H3/b15-8+,16-11+. The van der Waals surface area contributed by atoms with E-state index >= 15 is 0 Å². The van der Waals surface area contributed by atoms with Gasteiger partial charge in [-0.25, -0.2) is 0 Å². The lowest BCUT2D eigenvalue weighted by Crippen LogP contribution is -2.14. The Morgan fingerprint density at radius 2 is 1.90 bits per heavy atom. The van der Waals surface area contributed by atoms with Crippen molar-refractivity contribution in [3.05, 3.63) is 23.3 Å². The van der Waals surface area contributed by atoms with E-state index in [1.807, 2.05) is 6.08 Å². The fraction of sp³-hybridized carbons (Fsp3) is 0.588. The summed E-state index contributed by atoms with van der Waals surface area (Å²) >= 11 is 0. The Morgan fingerprint density at radius 3 is 2.55 bits per heavy atom. The van der Waals surface area contributed by atoms with Gasteiger partial charge in [0.25, 0.3) is 0 Å². The van der Waals surface area contributed by atoms with E-state index < -0.39 is 0 Å². The van der Waals surface area contributed by atoms with Crippen molar-refractivity contribution < 1.29 is 9.53 Å². The summed E-state index contributed by atoms with van der Waals surface area (Å²) < 4.78 is 4.87. The van der Waals surface area contributed by atoms with Crippen LogP contribution in [0.1, 0.15) is 46.5 Å². The molecule has 0 bridgehead atoms. The predicted molar refractivity (Wildman–Crippen MR) is 84.3 cm³/mol. The first kappa shape index (κ1) is 18.5. The zero-order valence-corrected chi connectivity index (χ0v) is 13.0. The number of carbonyl (C=O) groups excluding carboxylic acids is 1. The maximum Gasteiger partial charge on any atom is 0.302 e. The molecule has 0 aliphatic carbocycles. The molecule has 0 saturated heterocycles. The van der Waals surface area contributed by atoms with Crippen molar-refractivity contribution >= 4 is 5.97 Å². The molecule has 3 heteroatoms. The number of carbonyl (C=O) groups is 1. The second kappa shape index (κ2) is 12.5. The lowest BCUT2D eigenvalue weighted by Gasteiger charge is -2.03. The van der Waals surface area contributed by atoms with Crippen LogP contribution in [0.15, 0.2) is 23.3 Å². The summed E-state index contributed by atoms with van der Waals surface area (Å²) in [6.07, 6.45) is 13.7. The molecule has 112 valence electrons. The van der Waals surface area contributed by atoms with Crippen LogP contribution in [0.25, 0.3) is 0 Å². The average Bonchev–Trinajstić information content (AvgIpc) is 2.38. The molecule has 3 nitrogen and oxygen atoms in total. The Morgan fingerprint density at radius 1 is 1.20 bits per heavy atom. The molecule has 0 radical (unpaired) electrons. The maximum atomic E-state index is 10.6. The summed E-state index contributed by atoms with van der Waals surface area (Å²) in [6, 6.07) is 0. The van der Waals surface area contributed by atoms with Crippen molar-refractivity contribution in [1.82, 2.24) is 5.32 Å². The van der Waals surface area contributed by atoms with Crippen LogP contribution in [0, 0.1) is 12.3 Å². The van der Waals surface area contributed by atoms with Crippen molar-refractivity contribution in [3.8, 4) is 12.3 Å². The summed E-state index contributed by atoms with van der Waals surface area (Å²) in [7, 11) is 0. The van der Waals surface area contributed by atoms with Crippen LogP contribution >= 0.6 is 0 Å². The lowest BCUT2D eigenvalue weighted by molar-refractivity contribution is -0.139. The van der Waals surface area contributed by atoms with Gasteiger partial charge in [0, 0.05) is 6.92 Å². The topological polar surface area (TPSA) is 38.3 Å². The third-order valence-corrected chi connectivity index (χ3v) is 2.90. The van der Waals surface area contributed by atoms with E-state index in [2.05, 4.69) is 31.2 Å². The van der Waals surface area contributed by atoms with Crippen molar-refractivity contribution in [2.24, 2.45) is 0 Å². The van der Waals surface area contributed by atoms with Gasteiger partial charge >= 0.3 is 5.97 Å². The van der Waals surface area contributed by atoms with Crippen LogP contribution in [0.5, 0.6) is 0 Å². The SMILES string of the molecule is C#CCNCCC/C(C)=C/CC/C(C)=C/COC(C)=O. The zero-order chi connectivity index (χ0) is 15.2. The second-order valence-corrected chi connectivity index (χ2v) is 4.93. The van der Waals surface area contributed by atoms with Gasteiger partial charge in [0.15, 0.2) is 0 Å². The summed E-state index contributed by atoms with van der Waals surface area (Å²) in [6.45, 7) is 7.65. The van der Waals surface area contributed by atoms with Crippen molar-refractivity contribution in [1.29, 1.82) is 0 Å². The van der Waals surface area contributed by atoms with E-state index in [1.54, 1.807) is 0 Å². The van der Waals surface area contributed by atoms with Gasteiger partial charge in [0.2, 0.25) is 0 Å². The number of esters is 1. The lowest BCUT2D eigenvalue weighted by atomic mass is 10.1. The third kappa shape index (κ3) is 12.9. The summed E-state index contributed by atoms with van der Waals surface area (Å²) in [5.41, 5.74) is 2.67. The van der Waals surface area contributed by atoms with Crippen molar-refractivity contribution in [2.75, 3.05) is 19.7 Å².